The maximum absolute atomic E-state index is 13.9. The Morgan fingerprint density at radius 3 is 0.857 bits per heavy atom. The first kappa shape index (κ1) is 31.3. The molecule has 42 heavy (non-hydrogen) atoms. The summed E-state index contributed by atoms with van der Waals surface area (Å²) < 4.78 is 54.1. The standard InChI is InChI=1S/C27H38O15/c1-5-24(9-33-19(28)34-10-24)17(25(6-2)11-35-20(29)36-12-25)41-23(32)42-18(26(7-3)13-37-21(30)38-14-26)27(8-4)15-39-22(31)40-16-27/h17-18H,5-16H2,1-4H3. The van der Waals surface area contributed by atoms with Crippen LogP contribution in [0.4, 0.5) is 24.0 Å². The molecule has 4 aliphatic heterocycles. The van der Waals surface area contributed by atoms with E-state index in [0.29, 0.717) is 25.7 Å². The maximum atomic E-state index is 13.9. The summed E-state index contributed by atoms with van der Waals surface area (Å²) in [6.07, 6.45) is -5.26. The number of carbonyl (C=O) groups excluding carboxylic acids is 5. The van der Waals surface area contributed by atoms with E-state index in [1.165, 1.54) is 0 Å². The van der Waals surface area contributed by atoms with Crippen molar-refractivity contribution in [3.8, 4) is 0 Å². The maximum Gasteiger partial charge on any atom is 0.508 e. The molecule has 0 N–H and O–H groups in total. The molecule has 0 amide bonds. The van der Waals surface area contributed by atoms with Gasteiger partial charge in [0.15, 0.2) is 0 Å². The summed E-state index contributed by atoms with van der Waals surface area (Å²) in [6.45, 7) is 6.23. The van der Waals surface area contributed by atoms with Crippen LogP contribution in [0.1, 0.15) is 53.4 Å². The summed E-state index contributed by atoms with van der Waals surface area (Å²) >= 11 is 0. The van der Waals surface area contributed by atoms with Gasteiger partial charge in [0, 0.05) is 0 Å². The molecule has 0 unspecified atom stereocenters. The molecule has 4 fully saturated rings. The zero-order valence-electron chi connectivity index (χ0n) is 24.3. The SMILES string of the molecule is CCC1(C(OC(=O)OC(C2(CC)COC(=O)OC2)C2(CC)COC(=O)OC2)C2(CC)COC(=O)OC2)COC(=O)OC1. The van der Waals surface area contributed by atoms with Gasteiger partial charge in [-0.3, -0.25) is 0 Å². The molecule has 4 saturated heterocycles. The second-order valence-corrected chi connectivity index (χ2v) is 11.4. The molecule has 0 aromatic rings. The smallest absolute Gasteiger partial charge is 0.433 e. The molecule has 0 radical (unpaired) electrons. The molecule has 15 nitrogen and oxygen atoms in total. The Bertz CT molecular complexity index is 862. The molecule has 15 heteroatoms. The van der Waals surface area contributed by atoms with Crippen molar-refractivity contribution >= 4 is 30.8 Å². The van der Waals surface area contributed by atoms with Crippen LogP contribution < -0.4 is 0 Å². The van der Waals surface area contributed by atoms with Crippen molar-refractivity contribution in [3.05, 3.63) is 0 Å². The predicted octanol–water partition coefficient (Wildman–Crippen LogP) is 4.13. The summed E-state index contributed by atoms with van der Waals surface area (Å²) in [7, 11) is 0. The van der Waals surface area contributed by atoms with E-state index >= 15 is 0 Å². The van der Waals surface area contributed by atoms with Crippen molar-refractivity contribution < 1.29 is 71.3 Å². The monoisotopic (exact) mass is 602 g/mol. The predicted molar refractivity (Wildman–Crippen MR) is 135 cm³/mol. The first-order valence-electron chi connectivity index (χ1n) is 14.1. The highest BCUT2D eigenvalue weighted by Gasteiger charge is 2.60. The summed E-state index contributed by atoms with van der Waals surface area (Å²) in [4.78, 5) is 61.1. The van der Waals surface area contributed by atoms with Crippen LogP contribution in [0.3, 0.4) is 0 Å². The fourth-order valence-electron chi connectivity index (χ4n) is 6.14. The van der Waals surface area contributed by atoms with E-state index in [1.807, 2.05) is 27.7 Å². The van der Waals surface area contributed by atoms with Crippen LogP contribution >= 0.6 is 0 Å². The van der Waals surface area contributed by atoms with Gasteiger partial charge in [-0.15, -0.1) is 0 Å². The van der Waals surface area contributed by atoms with E-state index in [1.54, 1.807) is 0 Å². The van der Waals surface area contributed by atoms with Crippen molar-refractivity contribution in [1.82, 2.24) is 0 Å². The van der Waals surface area contributed by atoms with Crippen molar-refractivity contribution in [3.63, 3.8) is 0 Å². The number of carbonyl (C=O) groups is 5. The molecule has 0 aliphatic carbocycles. The van der Waals surface area contributed by atoms with Crippen LogP contribution in [0.25, 0.3) is 0 Å². The van der Waals surface area contributed by atoms with Gasteiger partial charge < -0.3 is 47.4 Å². The zero-order valence-corrected chi connectivity index (χ0v) is 24.3. The van der Waals surface area contributed by atoms with Gasteiger partial charge >= 0.3 is 30.8 Å². The minimum absolute atomic E-state index is 0.134. The largest absolute Gasteiger partial charge is 0.508 e. The Kier molecular flexibility index (Phi) is 9.16. The number of rotatable bonds is 10. The van der Waals surface area contributed by atoms with Gasteiger partial charge in [-0.2, -0.15) is 0 Å². The topological polar surface area (TPSA) is 178 Å². The van der Waals surface area contributed by atoms with Gasteiger partial charge in [0.25, 0.3) is 0 Å². The Balaban J connectivity index is 1.70. The van der Waals surface area contributed by atoms with E-state index in [4.69, 9.17) is 47.4 Å². The second-order valence-electron chi connectivity index (χ2n) is 11.4. The van der Waals surface area contributed by atoms with Crippen LogP contribution in [0, 0.1) is 21.7 Å². The lowest BCUT2D eigenvalue weighted by Gasteiger charge is -2.51. The van der Waals surface area contributed by atoms with E-state index in [-0.39, 0.29) is 52.9 Å². The molecular weight excluding hydrogens is 564 g/mol. The summed E-state index contributed by atoms with van der Waals surface area (Å²) in [5.74, 6) is 0. The molecule has 0 aromatic heterocycles. The Morgan fingerprint density at radius 2 is 0.690 bits per heavy atom. The fourth-order valence-corrected chi connectivity index (χ4v) is 6.14. The average molecular weight is 603 g/mol. The number of ether oxygens (including phenoxy) is 10. The molecule has 0 bridgehead atoms. The Hall–Kier alpha value is -3.65. The molecule has 236 valence electrons. The molecule has 4 aliphatic rings. The molecular formula is C27H38O15. The fraction of sp³-hybridized carbons (Fsp3) is 0.815. The molecule has 0 atom stereocenters. The Labute approximate surface area is 242 Å². The van der Waals surface area contributed by atoms with Gasteiger partial charge in [-0.1, -0.05) is 27.7 Å². The molecule has 4 heterocycles. The number of hydrogen-bond acceptors (Lipinski definition) is 15. The van der Waals surface area contributed by atoms with E-state index in [9.17, 15) is 24.0 Å². The van der Waals surface area contributed by atoms with Crippen LogP contribution in [-0.4, -0.2) is 95.8 Å². The van der Waals surface area contributed by atoms with Gasteiger partial charge in [-0.05, 0) is 25.7 Å². The lowest BCUT2D eigenvalue weighted by molar-refractivity contribution is -0.220. The van der Waals surface area contributed by atoms with Gasteiger partial charge in [-0.25, -0.2) is 24.0 Å². The van der Waals surface area contributed by atoms with Crippen molar-refractivity contribution in [2.45, 2.75) is 65.6 Å². The first-order chi connectivity index (χ1) is 20.0. The quantitative estimate of drug-likeness (QED) is 0.257. The molecule has 0 aromatic carbocycles. The van der Waals surface area contributed by atoms with Gasteiger partial charge in [0.1, 0.15) is 65.1 Å². The first-order valence-corrected chi connectivity index (χ1v) is 14.1. The second kappa shape index (κ2) is 12.3. The van der Waals surface area contributed by atoms with Crippen LogP contribution in [0.2, 0.25) is 0 Å². The third-order valence-electron chi connectivity index (χ3n) is 9.29. The summed E-state index contributed by atoms with van der Waals surface area (Å²) in [6, 6.07) is 0. The van der Waals surface area contributed by atoms with Crippen molar-refractivity contribution in [1.29, 1.82) is 0 Å². The third kappa shape index (κ3) is 5.82. The van der Waals surface area contributed by atoms with Crippen LogP contribution in [0.5, 0.6) is 0 Å². The lowest BCUT2D eigenvalue weighted by Crippen LogP contribution is -2.62. The molecule has 4 rings (SSSR count). The lowest BCUT2D eigenvalue weighted by atomic mass is 9.66. The average Bonchev–Trinajstić information content (AvgIpc) is 3.02. The summed E-state index contributed by atoms with van der Waals surface area (Å²) in [5, 5.41) is 0. The minimum Gasteiger partial charge on any atom is -0.433 e. The van der Waals surface area contributed by atoms with E-state index < -0.39 is 64.6 Å². The number of cyclic esters (lactones) is 8. The molecule has 0 spiro atoms. The Morgan fingerprint density at radius 1 is 0.500 bits per heavy atom. The highest BCUT2D eigenvalue weighted by atomic mass is 16.8. The van der Waals surface area contributed by atoms with Crippen LogP contribution in [-0.2, 0) is 47.4 Å². The zero-order chi connectivity index (χ0) is 30.6. The highest BCUT2D eigenvalue weighted by molar-refractivity contribution is 5.64. The third-order valence-corrected chi connectivity index (χ3v) is 9.29. The van der Waals surface area contributed by atoms with Gasteiger partial charge in [0.05, 0.1) is 21.7 Å². The molecule has 0 saturated carbocycles. The van der Waals surface area contributed by atoms with Gasteiger partial charge in [0.2, 0.25) is 0 Å². The van der Waals surface area contributed by atoms with Crippen molar-refractivity contribution in [2.75, 3.05) is 52.9 Å². The minimum atomic E-state index is -1.10. The van der Waals surface area contributed by atoms with E-state index in [0.717, 1.165) is 0 Å². The normalized spacial score (nSPS) is 24.0. The number of hydrogen-bond donors (Lipinski definition) is 0. The van der Waals surface area contributed by atoms with Crippen molar-refractivity contribution in [2.24, 2.45) is 21.7 Å². The highest BCUT2D eigenvalue weighted by Crippen LogP contribution is 2.48. The van der Waals surface area contributed by atoms with E-state index in [2.05, 4.69) is 0 Å². The summed E-state index contributed by atoms with van der Waals surface area (Å²) in [5.41, 5.74) is -4.15. The van der Waals surface area contributed by atoms with Crippen LogP contribution in [0.15, 0.2) is 0 Å².